The Labute approximate surface area is 228 Å². The molecule has 1 aromatic rings. The van der Waals surface area contributed by atoms with E-state index in [0.29, 0.717) is 0 Å². The van der Waals surface area contributed by atoms with E-state index in [9.17, 15) is 0 Å². The van der Waals surface area contributed by atoms with Gasteiger partial charge < -0.3 is 0 Å². The second kappa shape index (κ2) is 14.9. The van der Waals surface area contributed by atoms with Crippen LogP contribution in [0, 0.1) is 17.8 Å². The molecule has 1 aromatic carbocycles. The minimum Gasteiger partial charge on any atom is -0.107 e. The lowest BCUT2D eigenvalue weighted by Crippen LogP contribution is -2.44. The molecule has 3 aliphatic carbocycles. The highest BCUT2D eigenvalue weighted by Gasteiger charge is 2.26. The summed E-state index contributed by atoms with van der Waals surface area (Å²) in [6, 6.07) is 12.4. The molecular formula is C33H54Si3. The fourth-order valence-electron chi connectivity index (χ4n) is 7.80. The van der Waals surface area contributed by atoms with Crippen LogP contribution < -0.4 is 15.6 Å². The van der Waals surface area contributed by atoms with Gasteiger partial charge in [0, 0.05) is 0 Å². The van der Waals surface area contributed by atoms with Crippen LogP contribution in [0.5, 0.6) is 0 Å². The van der Waals surface area contributed by atoms with Crippen LogP contribution in [0.2, 0.25) is 18.1 Å². The highest BCUT2D eigenvalue weighted by molar-refractivity contribution is 6.83. The minimum absolute atomic E-state index is 0.949. The van der Waals surface area contributed by atoms with Gasteiger partial charge in [-0.25, -0.2) is 0 Å². The van der Waals surface area contributed by atoms with Crippen molar-refractivity contribution in [3.05, 3.63) is 55.0 Å². The maximum Gasteiger partial charge on any atom is 0.0936 e. The van der Waals surface area contributed by atoms with Crippen LogP contribution in [0.15, 0.2) is 55.0 Å². The summed E-state index contributed by atoms with van der Waals surface area (Å²) in [6.45, 7) is 13.3. The predicted octanol–water partition coefficient (Wildman–Crippen LogP) is 6.91. The Bertz CT molecular complexity index is 706. The highest BCUT2D eigenvalue weighted by atomic mass is 28.3. The SMILES string of the molecule is C=C[SiH](CC1CCCCC1)c1cc([SiH](C=C)CC2CCCCC2)cc([SiH](C=C)CC2CCCCC2)c1. The largest absolute Gasteiger partial charge is 0.107 e. The van der Waals surface area contributed by atoms with Crippen LogP contribution in [0.4, 0.5) is 0 Å². The van der Waals surface area contributed by atoms with Crippen LogP contribution in [-0.2, 0) is 0 Å². The first-order chi connectivity index (χ1) is 17.7. The monoisotopic (exact) mass is 534 g/mol. The second-order valence-electron chi connectivity index (χ2n) is 12.7. The summed E-state index contributed by atoms with van der Waals surface area (Å²) in [4.78, 5) is 0. The average Bonchev–Trinajstić information content (AvgIpc) is 2.94. The van der Waals surface area contributed by atoms with Gasteiger partial charge in [0.15, 0.2) is 0 Å². The molecule has 3 saturated carbocycles. The molecule has 3 aliphatic rings. The van der Waals surface area contributed by atoms with Gasteiger partial charge in [0.25, 0.3) is 0 Å². The van der Waals surface area contributed by atoms with Crippen molar-refractivity contribution in [1.29, 1.82) is 0 Å². The van der Waals surface area contributed by atoms with Crippen LogP contribution in [-0.4, -0.2) is 26.4 Å². The van der Waals surface area contributed by atoms with Crippen molar-refractivity contribution < 1.29 is 0 Å². The Morgan fingerprint density at radius 2 is 0.722 bits per heavy atom. The number of hydrogen-bond donors (Lipinski definition) is 0. The molecule has 0 N–H and O–H groups in total. The molecule has 36 heavy (non-hydrogen) atoms. The van der Waals surface area contributed by atoms with Crippen LogP contribution in [0.1, 0.15) is 96.3 Å². The lowest BCUT2D eigenvalue weighted by molar-refractivity contribution is 0.384. The van der Waals surface area contributed by atoms with Crippen molar-refractivity contribution in [1.82, 2.24) is 0 Å². The van der Waals surface area contributed by atoms with E-state index in [2.05, 4.69) is 55.0 Å². The first-order valence-electron chi connectivity index (χ1n) is 15.7. The third-order valence-corrected chi connectivity index (χ3v) is 18.9. The van der Waals surface area contributed by atoms with E-state index in [0.717, 1.165) is 17.8 Å². The summed E-state index contributed by atoms with van der Waals surface area (Å²) in [7, 11) is -3.47. The predicted molar refractivity (Wildman–Crippen MR) is 172 cm³/mol. The van der Waals surface area contributed by atoms with Gasteiger partial charge in [0.1, 0.15) is 0 Å². The molecule has 3 atom stereocenters. The second-order valence-corrected chi connectivity index (χ2v) is 21.1. The first-order valence-corrected chi connectivity index (χ1v) is 21.9. The van der Waals surface area contributed by atoms with Crippen molar-refractivity contribution in [3.8, 4) is 0 Å². The van der Waals surface area contributed by atoms with E-state index >= 15 is 0 Å². The van der Waals surface area contributed by atoms with E-state index in [1.165, 1.54) is 114 Å². The molecule has 0 spiro atoms. The Morgan fingerprint density at radius 1 is 0.472 bits per heavy atom. The van der Waals surface area contributed by atoms with Gasteiger partial charge in [0.2, 0.25) is 0 Å². The smallest absolute Gasteiger partial charge is 0.0936 e. The standard InChI is InChI=1S/C33H54Si3/c1-4-34(25-28-16-10-7-11-17-28)31-22-32(35(5-2)26-29-18-12-8-13-19-29)24-33(23-31)36(6-3)27-30-20-14-9-15-21-30/h4-6,22-24,28-30,34-36H,1-3,7-21,25-27H2. The van der Waals surface area contributed by atoms with Crippen molar-refractivity contribution in [3.63, 3.8) is 0 Å². The Hall–Kier alpha value is -0.909. The molecule has 0 aliphatic heterocycles. The molecule has 3 fully saturated rings. The zero-order valence-electron chi connectivity index (χ0n) is 23.3. The molecule has 0 saturated heterocycles. The molecule has 0 heterocycles. The van der Waals surface area contributed by atoms with E-state index in [1.54, 1.807) is 15.6 Å². The van der Waals surface area contributed by atoms with Crippen molar-refractivity contribution in [2.45, 2.75) is 114 Å². The van der Waals surface area contributed by atoms with Gasteiger partial charge in [-0.3, -0.25) is 0 Å². The third kappa shape index (κ3) is 8.04. The summed E-state index contributed by atoms with van der Waals surface area (Å²) in [5.74, 6) is 2.85. The van der Waals surface area contributed by atoms with E-state index in [-0.39, 0.29) is 0 Å². The van der Waals surface area contributed by atoms with E-state index < -0.39 is 26.4 Å². The molecule has 0 radical (unpaired) electrons. The third-order valence-electron chi connectivity index (χ3n) is 10.1. The molecule has 0 nitrogen and oxygen atoms in total. The topological polar surface area (TPSA) is 0 Å². The van der Waals surface area contributed by atoms with Crippen LogP contribution >= 0.6 is 0 Å². The normalized spacial score (nSPS) is 23.0. The maximum atomic E-state index is 4.42. The summed E-state index contributed by atoms with van der Waals surface area (Å²) < 4.78 is 0. The van der Waals surface area contributed by atoms with Crippen molar-refractivity contribution in [2.24, 2.45) is 17.8 Å². The lowest BCUT2D eigenvalue weighted by atomic mass is 9.91. The van der Waals surface area contributed by atoms with Crippen molar-refractivity contribution in [2.75, 3.05) is 0 Å². The minimum atomic E-state index is -1.16. The van der Waals surface area contributed by atoms with Crippen LogP contribution in [0.3, 0.4) is 0 Å². The molecule has 4 rings (SSSR count). The summed E-state index contributed by atoms with van der Waals surface area (Å²) >= 11 is 0. The number of hydrogen-bond acceptors (Lipinski definition) is 0. The Kier molecular flexibility index (Phi) is 11.6. The van der Waals surface area contributed by atoms with Gasteiger partial charge in [-0.05, 0) is 35.9 Å². The van der Waals surface area contributed by atoms with Gasteiger partial charge in [0.05, 0.1) is 26.4 Å². The average molecular weight is 535 g/mol. The zero-order valence-corrected chi connectivity index (χ0v) is 26.7. The fourth-order valence-corrected chi connectivity index (χ4v) is 16.6. The van der Waals surface area contributed by atoms with Gasteiger partial charge >= 0.3 is 0 Å². The maximum absolute atomic E-state index is 4.42. The Balaban J connectivity index is 1.61. The quantitative estimate of drug-likeness (QED) is 0.256. The molecule has 0 amide bonds. The highest BCUT2D eigenvalue weighted by Crippen LogP contribution is 2.30. The van der Waals surface area contributed by atoms with Gasteiger partial charge in [-0.15, -0.1) is 36.8 Å². The molecule has 3 unspecified atom stereocenters. The molecule has 198 valence electrons. The van der Waals surface area contributed by atoms with Crippen LogP contribution in [0.25, 0.3) is 0 Å². The first kappa shape index (κ1) is 28.1. The van der Waals surface area contributed by atoms with E-state index in [1.807, 2.05) is 0 Å². The van der Waals surface area contributed by atoms with Crippen molar-refractivity contribution >= 4 is 42.0 Å². The van der Waals surface area contributed by atoms with Gasteiger partial charge in [-0.1, -0.05) is 130 Å². The Morgan fingerprint density at radius 3 is 0.944 bits per heavy atom. The summed E-state index contributed by atoms with van der Waals surface area (Å²) in [5.41, 5.74) is 7.28. The zero-order chi connectivity index (χ0) is 25.2. The molecule has 0 aromatic heterocycles. The summed E-state index contributed by atoms with van der Waals surface area (Å²) in [5, 5.41) is 5.15. The number of rotatable bonds is 12. The lowest BCUT2D eigenvalue weighted by Gasteiger charge is -2.28. The molecular weight excluding hydrogens is 481 g/mol. The molecule has 3 heteroatoms. The molecule has 0 bridgehead atoms. The number of benzene rings is 1. The van der Waals surface area contributed by atoms with Gasteiger partial charge in [-0.2, -0.15) is 0 Å². The summed E-state index contributed by atoms with van der Waals surface area (Å²) in [6.07, 6.45) is 21.8. The fraction of sp³-hybridized carbons (Fsp3) is 0.636. The van der Waals surface area contributed by atoms with E-state index in [4.69, 9.17) is 0 Å².